The summed E-state index contributed by atoms with van der Waals surface area (Å²) in [5.41, 5.74) is 30.8. The number of hydrogen-bond donors (Lipinski definition) is 0. The van der Waals surface area contributed by atoms with Gasteiger partial charge in [0, 0.05) is 110 Å². The Morgan fingerprint density at radius 3 is 0.921 bits per heavy atom. The van der Waals surface area contributed by atoms with Gasteiger partial charge in [-0.15, -0.1) is 0 Å². The van der Waals surface area contributed by atoms with Crippen LogP contribution in [0, 0.1) is 44.9 Å². The molecule has 0 saturated carbocycles. The second kappa shape index (κ2) is 35.0. The molecule has 0 fully saturated rings. The van der Waals surface area contributed by atoms with Crippen LogP contribution >= 0.6 is 0 Å². The van der Waals surface area contributed by atoms with E-state index in [9.17, 15) is 5.26 Å². The molecule has 0 spiro atoms. The molecule has 0 bridgehead atoms. The molecule has 15 nitrogen and oxygen atoms in total. The number of nitrogens with zero attached hydrogens (tertiary/aromatic N) is 15. The van der Waals surface area contributed by atoms with E-state index in [-0.39, 0.29) is 0 Å². The van der Waals surface area contributed by atoms with Crippen molar-refractivity contribution in [2.75, 3.05) is 0 Å². The predicted molar refractivity (Wildman–Crippen MR) is 568 cm³/mol. The van der Waals surface area contributed by atoms with E-state index in [0.29, 0.717) is 57.3 Å². The predicted octanol–water partition coefficient (Wildman–Crippen LogP) is 32.0. The fourth-order valence-electron chi connectivity index (χ4n) is 20.3. The molecule has 0 atom stereocenters. The zero-order valence-corrected chi connectivity index (χ0v) is 75.7. The Hall–Kier alpha value is -19.7. The molecule has 0 aliphatic heterocycles. The van der Waals surface area contributed by atoms with Crippen molar-refractivity contribution in [3.05, 3.63) is 482 Å². The van der Waals surface area contributed by atoms with Crippen LogP contribution in [0.5, 0.6) is 0 Å². The summed E-state index contributed by atoms with van der Waals surface area (Å²) in [5, 5.41) is 19.2. The Kier molecular flexibility index (Phi) is 20.9. The molecular formula is C125H77N15. The third-order valence-corrected chi connectivity index (χ3v) is 26.4. The van der Waals surface area contributed by atoms with Gasteiger partial charge < -0.3 is 18.3 Å². The zero-order valence-electron chi connectivity index (χ0n) is 75.7. The second-order valence-electron chi connectivity index (χ2n) is 34.6. The summed E-state index contributed by atoms with van der Waals surface area (Å²) in [4.78, 5) is 46.8. The van der Waals surface area contributed by atoms with Crippen LogP contribution in [0.25, 0.3) is 248 Å². The summed E-state index contributed by atoms with van der Waals surface area (Å²) in [6.45, 7) is 27.3. The topological polar surface area (TPSA) is 147 Å². The van der Waals surface area contributed by atoms with E-state index in [1.807, 2.05) is 86.6 Å². The van der Waals surface area contributed by atoms with Gasteiger partial charge in [-0.25, -0.2) is 49.4 Å². The number of rotatable bonds is 15. The van der Waals surface area contributed by atoms with Crippen molar-refractivity contribution in [2.24, 2.45) is 0 Å². The monoisotopic (exact) mass is 1790 g/mol. The quantitative estimate of drug-likeness (QED) is 0.0922. The number of benzene rings is 18. The molecule has 0 aliphatic carbocycles. The summed E-state index contributed by atoms with van der Waals surface area (Å²) in [7, 11) is 0. The van der Waals surface area contributed by atoms with Crippen molar-refractivity contribution in [1.29, 1.82) is 5.26 Å². The Bertz CT molecular complexity index is 9160. The van der Waals surface area contributed by atoms with Gasteiger partial charge in [-0.3, -0.25) is 0 Å². The third kappa shape index (κ3) is 14.6. The number of para-hydroxylation sites is 7. The zero-order chi connectivity index (χ0) is 94.0. The maximum atomic E-state index is 10.4. The lowest BCUT2D eigenvalue weighted by Gasteiger charge is -2.21. The highest BCUT2D eigenvalue weighted by atomic mass is 15.0. The molecule has 15 heteroatoms. The van der Waals surface area contributed by atoms with Crippen molar-refractivity contribution in [3.63, 3.8) is 0 Å². The number of nitriles is 1. The van der Waals surface area contributed by atoms with E-state index < -0.39 is 0 Å². The van der Waals surface area contributed by atoms with Crippen molar-refractivity contribution < 1.29 is 0 Å². The summed E-state index contributed by atoms with van der Waals surface area (Å²) in [5.74, 6) is 3.25. The molecule has 0 saturated heterocycles. The molecule has 0 aliphatic rings. The summed E-state index contributed by atoms with van der Waals surface area (Å²) >= 11 is 0. The van der Waals surface area contributed by atoms with Gasteiger partial charge in [-0.1, -0.05) is 315 Å². The highest BCUT2D eigenvalue weighted by molar-refractivity contribution is 6.16. The largest absolute Gasteiger partial charge is 0.309 e. The van der Waals surface area contributed by atoms with Gasteiger partial charge in [0.2, 0.25) is 0 Å². The van der Waals surface area contributed by atoms with Crippen LogP contribution in [-0.4, -0.2) is 53.2 Å². The Morgan fingerprint density at radius 1 is 0.221 bits per heavy atom. The van der Waals surface area contributed by atoms with E-state index in [2.05, 4.69) is 378 Å². The Balaban J connectivity index is 0.000000154. The number of hydrogen-bond acceptors (Lipinski definition) is 8. The number of aromatic nitrogens is 11. The van der Waals surface area contributed by atoms with Crippen LogP contribution in [0.2, 0.25) is 0 Å². The van der Waals surface area contributed by atoms with Crippen molar-refractivity contribution in [3.8, 4) is 153 Å². The highest BCUT2D eigenvalue weighted by Crippen LogP contribution is 2.51. The van der Waals surface area contributed by atoms with Gasteiger partial charge in [-0.05, 0) is 151 Å². The minimum absolute atomic E-state index is 0.389. The lowest BCUT2D eigenvalue weighted by molar-refractivity contribution is 0.929. The van der Waals surface area contributed by atoms with E-state index in [1.165, 1.54) is 10.8 Å². The molecule has 0 N–H and O–H groups in total. The van der Waals surface area contributed by atoms with Gasteiger partial charge in [0.25, 0.3) is 0 Å². The number of fused-ring (bicyclic) bond motifs is 12. The van der Waals surface area contributed by atoms with Gasteiger partial charge in [-0.2, -0.15) is 5.26 Å². The molecule has 0 unspecified atom stereocenters. The van der Waals surface area contributed by atoms with Gasteiger partial charge in [0.15, 0.2) is 34.5 Å². The molecule has 25 rings (SSSR count). The van der Waals surface area contributed by atoms with Crippen LogP contribution < -0.4 is 0 Å². The molecular weight excluding hydrogens is 1710 g/mol. The van der Waals surface area contributed by atoms with E-state index in [4.69, 9.17) is 49.6 Å². The molecule has 18 aromatic carbocycles. The second-order valence-corrected chi connectivity index (χ2v) is 34.6. The molecule has 0 radical (unpaired) electrons. The van der Waals surface area contributed by atoms with Gasteiger partial charge in [0.05, 0.1) is 115 Å². The maximum absolute atomic E-state index is 10.4. The van der Waals surface area contributed by atoms with Crippen LogP contribution in [0.4, 0.5) is 17.1 Å². The summed E-state index contributed by atoms with van der Waals surface area (Å²) in [6.07, 6.45) is 0. The smallest absolute Gasteiger partial charge is 0.188 e. The Morgan fingerprint density at radius 2 is 0.529 bits per heavy atom. The summed E-state index contributed by atoms with van der Waals surface area (Å²) < 4.78 is 9.49. The van der Waals surface area contributed by atoms with Crippen molar-refractivity contribution in [2.45, 2.75) is 13.8 Å². The van der Waals surface area contributed by atoms with Crippen LogP contribution in [-0.2, 0) is 0 Å². The standard InChI is InChI=1S/C68H38N8.C57H39N7/c1-70-48-31-33-50(47(37-48)42-69)45-29-35-64-56(38-45)57-39-46(51-34-32-49(71-2)40-60(51)72-3)30-36-65(57)76(64)66-28-16-24-55(68-73-58(43-17-6-4-7-18-43)41-59(74-68)44-19-8-5-9-20-44)67(66)54-23-12-15-27-63(54)75-61-25-13-10-21-52(61)53-22-11-14-26-62(53)75;1-36-58-37(2)60-56(59-36)40-32-33-53-46(34-40)43-24-11-15-29-51(43)64(53)54-31-17-26-45(57-61-47(38-18-5-3-6-19-38)35-48(62-57)39-20-7-4-8-21-39)55(54)44-25-12-16-30-52(44)63-49-27-13-9-22-41(49)42-23-10-14-28-50(42)63/h4-41H;3-35H,1-2H3. The molecule has 140 heavy (non-hydrogen) atoms. The highest BCUT2D eigenvalue weighted by Gasteiger charge is 2.30. The van der Waals surface area contributed by atoms with Crippen molar-refractivity contribution in [1.82, 2.24) is 53.2 Å². The summed E-state index contributed by atoms with van der Waals surface area (Å²) in [6, 6.07) is 151. The van der Waals surface area contributed by atoms with E-state index in [0.717, 1.165) is 200 Å². The number of aryl methyl sites for hydroxylation is 2. The van der Waals surface area contributed by atoms with Crippen LogP contribution in [0.3, 0.4) is 0 Å². The molecule has 25 aromatic rings. The first-order chi connectivity index (χ1) is 69.1. The minimum Gasteiger partial charge on any atom is -0.309 e. The van der Waals surface area contributed by atoms with E-state index in [1.54, 1.807) is 24.3 Å². The maximum Gasteiger partial charge on any atom is 0.188 e. The van der Waals surface area contributed by atoms with Gasteiger partial charge >= 0.3 is 0 Å². The first-order valence-electron chi connectivity index (χ1n) is 46.1. The first-order valence-corrected chi connectivity index (χ1v) is 46.1. The first kappa shape index (κ1) is 83.4. The fourth-order valence-corrected chi connectivity index (χ4v) is 20.3. The average Bonchev–Trinajstić information content (AvgIpc) is 1.54. The molecule has 7 heterocycles. The normalized spacial score (nSPS) is 11.3. The van der Waals surface area contributed by atoms with Crippen LogP contribution in [0.1, 0.15) is 17.2 Å². The third-order valence-electron chi connectivity index (χ3n) is 26.4. The lowest BCUT2D eigenvalue weighted by Crippen LogP contribution is -2.04. The fraction of sp³-hybridized carbons (Fsp3) is 0.0160. The SMILES string of the molecule is Cc1nc(C)nc(-c2ccc3c(c2)c2ccccc2n3-c2cccc(-c3nc(-c4ccccc4)cc(-c4ccccc4)n3)c2-c2ccccc2-n2c3ccccc3c3ccccc32)n1.[C-]#[N+]c1ccc(-c2ccc3c(c2)c2cc(-c4ccc([N+]#[C-])cc4[N+]#[C-])ccc2n3-c2cccc(-c3nc(-c4ccccc4)cc(-c4ccccc4)n3)c2-c2ccccc2-n2c3ccccc3c3ccccc32)c(C#N)c1. The average molecular weight is 1790 g/mol. The lowest BCUT2D eigenvalue weighted by atomic mass is 9.94. The van der Waals surface area contributed by atoms with Crippen LogP contribution in [0.15, 0.2) is 431 Å². The Labute approximate surface area is 805 Å². The molecule has 0 amide bonds. The van der Waals surface area contributed by atoms with Crippen molar-refractivity contribution >= 4 is 104 Å². The molecule has 7 aromatic heterocycles. The van der Waals surface area contributed by atoms with E-state index >= 15 is 0 Å². The minimum atomic E-state index is 0.389. The molecule has 652 valence electrons. The van der Waals surface area contributed by atoms with Gasteiger partial charge in [0.1, 0.15) is 11.6 Å².